The number of rotatable bonds is 4. The number of piperidine rings is 1. The zero-order valence-corrected chi connectivity index (χ0v) is 18.0. The smallest absolute Gasteiger partial charge is 0.307 e. The summed E-state index contributed by atoms with van der Waals surface area (Å²) in [6.45, 7) is 3.07. The first-order valence-corrected chi connectivity index (χ1v) is 10.5. The zero-order valence-electron chi connectivity index (χ0n) is 16.4. The summed E-state index contributed by atoms with van der Waals surface area (Å²) in [7, 11) is 0. The standard InChI is InChI=1S/C22H21Cl2N3O3/c1-13(28)26-5-2-14(3-6-26)16-8-18(23)22(19(24)9-16)15-4-7-27-20(10-15)17(12-25-27)11-21(29)30/h4,7-10,12,14H,2-3,5-6,11H2,1H3,(H,29,30). The molecule has 1 N–H and O–H groups in total. The highest BCUT2D eigenvalue weighted by atomic mass is 35.5. The number of pyridine rings is 1. The number of aromatic nitrogens is 2. The van der Waals surface area contributed by atoms with E-state index in [4.69, 9.17) is 28.3 Å². The van der Waals surface area contributed by atoms with Crippen molar-refractivity contribution in [1.82, 2.24) is 14.5 Å². The number of fused-ring (bicyclic) bond motifs is 1. The van der Waals surface area contributed by atoms with Gasteiger partial charge >= 0.3 is 5.97 Å². The largest absolute Gasteiger partial charge is 0.481 e. The van der Waals surface area contributed by atoms with Crippen LogP contribution in [-0.4, -0.2) is 44.6 Å². The molecule has 0 saturated carbocycles. The Morgan fingerprint density at radius 3 is 2.43 bits per heavy atom. The third-order valence-corrected chi connectivity index (χ3v) is 6.30. The van der Waals surface area contributed by atoms with Crippen LogP contribution in [0.2, 0.25) is 10.0 Å². The highest BCUT2D eigenvalue weighted by Crippen LogP contribution is 2.40. The summed E-state index contributed by atoms with van der Waals surface area (Å²) in [6.07, 6.45) is 4.99. The number of hydrogen-bond acceptors (Lipinski definition) is 3. The molecule has 1 aliphatic heterocycles. The lowest BCUT2D eigenvalue weighted by Gasteiger charge is -2.31. The number of carbonyl (C=O) groups excluding carboxylic acids is 1. The summed E-state index contributed by atoms with van der Waals surface area (Å²) < 4.78 is 1.64. The van der Waals surface area contributed by atoms with E-state index in [-0.39, 0.29) is 12.3 Å². The van der Waals surface area contributed by atoms with E-state index in [0.29, 0.717) is 32.6 Å². The molecule has 1 fully saturated rings. The number of halogens is 2. The van der Waals surface area contributed by atoms with Gasteiger partial charge < -0.3 is 10.0 Å². The van der Waals surface area contributed by atoms with Crippen molar-refractivity contribution >= 4 is 40.6 Å². The summed E-state index contributed by atoms with van der Waals surface area (Å²) in [5.74, 6) is -0.493. The van der Waals surface area contributed by atoms with Gasteiger partial charge in [0.2, 0.25) is 5.91 Å². The van der Waals surface area contributed by atoms with Crippen molar-refractivity contribution in [3.63, 3.8) is 0 Å². The highest BCUT2D eigenvalue weighted by molar-refractivity contribution is 6.39. The van der Waals surface area contributed by atoms with Crippen LogP contribution >= 0.6 is 23.2 Å². The Labute approximate surface area is 184 Å². The molecule has 8 heteroatoms. The van der Waals surface area contributed by atoms with Gasteiger partial charge in [0.05, 0.1) is 28.2 Å². The molecule has 0 bridgehead atoms. The maximum absolute atomic E-state index is 11.6. The minimum absolute atomic E-state index is 0.105. The summed E-state index contributed by atoms with van der Waals surface area (Å²) in [4.78, 5) is 24.5. The van der Waals surface area contributed by atoms with Gasteiger partial charge in [-0.05, 0) is 54.2 Å². The van der Waals surface area contributed by atoms with E-state index in [9.17, 15) is 9.59 Å². The molecule has 6 nitrogen and oxygen atoms in total. The monoisotopic (exact) mass is 445 g/mol. The molecule has 4 rings (SSSR count). The van der Waals surface area contributed by atoms with Crippen LogP contribution < -0.4 is 0 Å². The molecule has 0 aliphatic carbocycles. The van der Waals surface area contributed by atoms with Gasteiger partial charge in [0.1, 0.15) is 0 Å². The molecule has 1 saturated heterocycles. The van der Waals surface area contributed by atoms with Crippen LogP contribution in [0.15, 0.2) is 36.7 Å². The molecule has 3 heterocycles. The molecule has 30 heavy (non-hydrogen) atoms. The van der Waals surface area contributed by atoms with Crippen LogP contribution in [0.25, 0.3) is 16.6 Å². The highest BCUT2D eigenvalue weighted by Gasteiger charge is 2.24. The second-order valence-corrected chi connectivity index (χ2v) is 8.44. The molecule has 1 aliphatic rings. The van der Waals surface area contributed by atoms with E-state index >= 15 is 0 Å². The molecule has 0 unspecified atom stereocenters. The van der Waals surface area contributed by atoms with Gasteiger partial charge in [-0.1, -0.05) is 23.2 Å². The fraction of sp³-hybridized carbons (Fsp3) is 0.318. The van der Waals surface area contributed by atoms with E-state index < -0.39 is 5.97 Å². The first-order valence-electron chi connectivity index (χ1n) is 9.76. The molecule has 2 aromatic heterocycles. The summed E-state index contributed by atoms with van der Waals surface area (Å²) in [5, 5.41) is 14.4. The van der Waals surface area contributed by atoms with Crippen LogP contribution in [0.5, 0.6) is 0 Å². The minimum atomic E-state index is -0.911. The third kappa shape index (κ3) is 4.02. The van der Waals surface area contributed by atoms with E-state index in [0.717, 1.165) is 37.1 Å². The number of carboxylic acid groups (broad SMARTS) is 1. The fourth-order valence-corrected chi connectivity index (χ4v) is 4.84. The molecule has 0 atom stereocenters. The molecule has 1 amide bonds. The van der Waals surface area contributed by atoms with Crippen molar-refractivity contribution in [3.8, 4) is 11.1 Å². The quantitative estimate of drug-likeness (QED) is 0.633. The van der Waals surface area contributed by atoms with Gasteiger partial charge in [-0.3, -0.25) is 9.59 Å². The maximum atomic E-state index is 11.6. The number of benzene rings is 1. The molecular weight excluding hydrogens is 425 g/mol. The lowest BCUT2D eigenvalue weighted by molar-refractivity contribution is -0.136. The van der Waals surface area contributed by atoms with Crippen LogP contribution in [0, 0.1) is 0 Å². The topological polar surface area (TPSA) is 74.9 Å². The van der Waals surface area contributed by atoms with Crippen LogP contribution in [-0.2, 0) is 16.0 Å². The summed E-state index contributed by atoms with van der Waals surface area (Å²) in [6, 6.07) is 7.64. The normalized spacial score (nSPS) is 15.0. The Bertz CT molecular complexity index is 1110. The van der Waals surface area contributed by atoms with Crippen LogP contribution in [0.1, 0.15) is 36.8 Å². The SMILES string of the molecule is CC(=O)N1CCC(c2cc(Cl)c(-c3ccn4ncc(CC(=O)O)c4c3)c(Cl)c2)CC1. The third-order valence-electron chi connectivity index (χ3n) is 5.71. The molecule has 0 radical (unpaired) electrons. The van der Waals surface area contributed by atoms with Crippen molar-refractivity contribution in [2.45, 2.75) is 32.1 Å². The van der Waals surface area contributed by atoms with Crippen LogP contribution in [0.3, 0.4) is 0 Å². The molecular formula is C22H21Cl2N3O3. The predicted molar refractivity (Wildman–Crippen MR) is 116 cm³/mol. The van der Waals surface area contributed by atoms with Crippen molar-refractivity contribution in [2.24, 2.45) is 0 Å². The number of aliphatic carboxylic acids is 1. The van der Waals surface area contributed by atoms with E-state index in [1.807, 2.05) is 29.2 Å². The number of likely N-dealkylation sites (tertiary alicyclic amines) is 1. The van der Waals surface area contributed by atoms with Gasteiger partial charge in [0.15, 0.2) is 0 Å². The average Bonchev–Trinajstić information content (AvgIpc) is 3.09. The Hall–Kier alpha value is -2.57. The van der Waals surface area contributed by atoms with Gasteiger partial charge in [0, 0.05) is 37.3 Å². The van der Waals surface area contributed by atoms with E-state index in [1.54, 1.807) is 23.8 Å². The molecule has 156 valence electrons. The molecule has 1 aromatic carbocycles. The first-order chi connectivity index (χ1) is 14.3. The van der Waals surface area contributed by atoms with Gasteiger partial charge in [-0.25, -0.2) is 4.52 Å². The number of carboxylic acids is 1. The van der Waals surface area contributed by atoms with E-state index in [1.165, 1.54) is 0 Å². The second-order valence-electron chi connectivity index (χ2n) is 7.63. The zero-order chi connectivity index (χ0) is 21.4. The Kier molecular flexibility index (Phi) is 5.71. The first kappa shape index (κ1) is 20.7. The van der Waals surface area contributed by atoms with Crippen LogP contribution in [0.4, 0.5) is 0 Å². The second kappa shape index (κ2) is 8.28. The summed E-state index contributed by atoms with van der Waals surface area (Å²) in [5.41, 5.74) is 3.94. The lowest BCUT2D eigenvalue weighted by Crippen LogP contribution is -2.36. The Balaban J connectivity index is 1.65. The Morgan fingerprint density at radius 1 is 1.17 bits per heavy atom. The van der Waals surface area contributed by atoms with Crippen molar-refractivity contribution in [3.05, 3.63) is 57.8 Å². The number of amides is 1. The van der Waals surface area contributed by atoms with Gasteiger partial charge in [-0.2, -0.15) is 5.10 Å². The lowest BCUT2D eigenvalue weighted by atomic mass is 9.88. The van der Waals surface area contributed by atoms with E-state index in [2.05, 4.69) is 5.10 Å². The van der Waals surface area contributed by atoms with Crippen molar-refractivity contribution in [1.29, 1.82) is 0 Å². The predicted octanol–water partition coefficient (Wildman–Crippen LogP) is 4.66. The number of nitrogens with zero attached hydrogens (tertiary/aromatic N) is 3. The fourth-order valence-electron chi connectivity index (χ4n) is 4.12. The number of hydrogen-bond donors (Lipinski definition) is 1. The van der Waals surface area contributed by atoms with Gasteiger partial charge in [0.25, 0.3) is 0 Å². The van der Waals surface area contributed by atoms with Crippen molar-refractivity contribution < 1.29 is 14.7 Å². The molecule has 3 aromatic rings. The number of carbonyl (C=O) groups is 2. The summed E-state index contributed by atoms with van der Waals surface area (Å²) >= 11 is 13.3. The maximum Gasteiger partial charge on any atom is 0.307 e. The average molecular weight is 446 g/mol. The van der Waals surface area contributed by atoms with Crippen molar-refractivity contribution in [2.75, 3.05) is 13.1 Å². The van der Waals surface area contributed by atoms with Gasteiger partial charge in [-0.15, -0.1) is 0 Å². The Morgan fingerprint density at radius 2 is 1.83 bits per heavy atom. The molecule has 0 spiro atoms. The minimum Gasteiger partial charge on any atom is -0.481 e.